The van der Waals surface area contributed by atoms with Crippen LogP contribution >= 0.6 is 23.2 Å². The van der Waals surface area contributed by atoms with E-state index in [4.69, 9.17) is 23.2 Å². The largest absolute Gasteiger partial charge is 0.352 e. The van der Waals surface area contributed by atoms with Gasteiger partial charge in [0.25, 0.3) is 5.91 Å². The summed E-state index contributed by atoms with van der Waals surface area (Å²) < 4.78 is 0. The third-order valence-corrected chi connectivity index (χ3v) is 8.98. The molecule has 6 nitrogen and oxygen atoms in total. The Morgan fingerprint density at radius 3 is 2.31 bits per heavy atom. The first kappa shape index (κ1) is 22.0. The molecule has 6 rings (SSSR count). The van der Waals surface area contributed by atoms with Crippen molar-refractivity contribution in [3.63, 3.8) is 0 Å². The first-order valence-corrected chi connectivity index (χ1v) is 12.2. The molecule has 5 fully saturated rings. The second kappa shape index (κ2) is 7.63. The fourth-order valence-corrected chi connectivity index (χ4v) is 7.81. The molecule has 0 aromatic heterocycles. The van der Waals surface area contributed by atoms with Crippen molar-refractivity contribution < 1.29 is 14.4 Å². The number of amides is 4. The average Bonchev–Trinajstić information content (AvgIpc) is 2.90. The summed E-state index contributed by atoms with van der Waals surface area (Å²) in [6, 6.07) is 4.21. The number of urea groups is 1. The number of benzene rings is 1. The number of hydrogen-bond donors (Lipinski definition) is 2. The molecule has 2 atom stereocenters. The fourth-order valence-electron chi connectivity index (χ4n) is 7.21. The second-order valence-electron chi connectivity index (χ2n) is 10.6. The predicted molar refractivity (Wildman–Crippen MR) is 122 cm³/mol. The van der Waals surface area contributed by atoms with Crippen LogP contribution in [0.5, 0.6) is 0 Å². The van der Waals surface area contributed by atoms with Crippen LogP contribution in [0.3, 0.4) is 0 Å². The van der Waals surface area contributed by atoms with E-state index in [2.05, 4.69) is 17.6 Å². The number of nitrogens with one attached hydrogen (secondary N) is 2. The summed E-state index contributed by atoms with van der Waals surface area (Å²) in [5, 5.41) is 6.56. The number of imide groups is 1. The molecule has 172 valence electrons. The van der Waals surface area contributed by atoms with Gasteiger partial charge in [-0.25, -0.2) is 4.79 Å². The number of nitrogens with zero attached hydrogens (tertiary/aromatic N) is 1. The number of carbonyl (C=O) groups is 3. The van der Waals surface area contributed by atoms with E-state index < -0.39 is 17.5 Å². The van der Waals surface area contributed by atoms with Gasteiger partial charge in [-0.05, 0) is 87.7 Å². The average molecular weight is 478 g/mol. The van der Waals surface area contributed by atoms with Crippen molar-refractivity contribution in [2.45, 2.75) is 64.0 Å². The minimum Gasteiger partial charge on any atom is -0.352 e. The molecular weight excluding hydrogens is 449 g/mol. The molecule has 4 aliphatic carbocycles. The zero-order valence-corrected chi connectivity index (χ0v) is 19.9. The minimum absolute atomic E-state index is 0.0289. The van der Waals surface area contributed by atoms with E-state index >= 15 is 0 Å². The van der Waals surface area contributed by atoms with E-state index in [1.807, 2.05) is 0 Å². The normalized spacial score (nSPS) is 36.4. The Morgan fingerprint density at radius 1 is 1.16 bits per heavy atom. The highest BCUT2D eigenvalue weighted by Gasteiger charge is 2.54. The van der Waals surface area contributed by atoms with E-state index in [-0.39, 0.29) is 28.9 Å². The van der Waals surface area contributed by atoms with Crippen LogP contribution in [0.2, 0.25) is 10.0 Å². The Balaban J connectivity index is 1.27. The summed E-state index contributed by atoms with van der Waals surface area (Å²) in [4.78, 5) is 39.7. The van der Waals surface area contributed by atoms with Crippen LogP contribution in [0.25, 0.3) is 0 Å². The van der Waals surface area contributed by atoms with Gasteiger partial charge in [0.05, 0.1) is 0 Å². The highest BCUT2D eigenvalue weighted by molar-refractivity contribution is 6.35. The number of carbonyl (C=O) groups excluding carboxylic acids is 3. The van der Waals surface area contributed by atoms with Crippen LogP contribution in [-0.2, 0) is 15.1 Å². The van der Waals surface area contributed by atoms with Gasteiger partial charge in [-0.1, -0.05) is 29.3 Å². The predicted octanol–water partition coefficient (Wildman–Crippen LogP) is 4.48. The van der Waals surface area contributed by atoms with Crippen molar-refractivity contribution in [2.75, 3.05) is 6.54 Å². The van der Waals surface area contributed by atoms with E-state index in [0.717, 1.165) is 22.7 Å². The maximum atomic E-state index is 13.2. The summed E-state index contributed by atoms with van der Waals surface area (Å²) in [6.45, 7) is 3.38. The second-order valence-corrected chi connectivity index (χ2v) is 11.5. The Labute approximate surface area is 198 Å². The maximum Gasteiger partial charge on any atom is 0.325 e. The molecule has 4 amide bonds. The van der Waals surface area contributed by atoms with E-state index in [1.54, 1.807) is 19.1 Å². The molecule has 4 bridgehead atoms. The zero-order chi connectivity index (χ0) is 22.8. The lowest BCUT2D eigenvalue weighted by molar-refractivity contribution is -0.136. The van der Waals surface area contributed by atoms with Gasteiger partial charge in [0.15, 0.2) is 0 Å². The lowest BCUT2D eigenvalue weighted by Crippen LogP contribution is -2.57. The molecule has 2 N–H and O–H groups in total. The summed E-state index contributed by atoms with van der Waals surface area (Å²) >= 11 is 12.3. The van der Waals surface area contributed by atoms with Crippen LogP contribution in [0.1, 0.15) is 57.9 Å². The van der Waals surface area contributed by atoms with Gasteiger partial charge in [0.1, 0.15) is 12.1 Å². The van der Waals surface area contributed by atoms with Crippen molar-refractivity contribution >= 4 is 41.0 Å². The van der Waals surface area contributed by atoms with E-state index in [9.17, 15) is 14.4 Å². The third kappa shape index (κ3) is 3.50. The van der Waals surface area contributed by atoms with Gasteiger partial charge in [-0.15, -0.1) is 0 Å². The first-order valence-electron chi connectivity index (χ1n) is 11.5. The topological polar surface area (TPSA) is 78.5 Å². The number of hydrogen-bond acceptors (Lipinski definition) is 3. The van der Waals surface area contributed by atoms with Gasteiger partial charge in [-0.2, -0.15) is 0 Å². The van der Waals surface area contributed by atoms with Crippen LogP contribution in [0, 0.1) is 23.2 Å². The smallest absolute Gasteiger partial charge is 0.325 e. The molecule has 1 heterocycles. The Hall–Kier alpha value is -1.79. The molecule has 1 aromatic carbocycles. The summed E-state index contributed by atoms with van der Waals surface area (Å²) in [6.07, 6.45) is 7.56. The van der Waals surface area contributed by atoms with Crippen molar-refractivity contribution in [1.29, 1.82) is 0 Å². The lowest BCUT2D eigenvalue weighted by Gasteiger charge is -2.59. The molecule has 1 aliphatic heterocycles. The van der Waals surface area contributed by atoms with Gasteiger partial charge >= 0.3 is 6.03 Å². The summed E-state index contributed by atoms with van der Waals surface area (Å²) in [7, 11) is 0. The fraction of sp³-hybridized carbons (Fsp3) is 0.625. The minimum atomic E-state index is -1.34. The summed E-state index contributed by atoms with van der Waals surface area (Å²) in [5.74, 6) is 1.57. The van der Waals surface area contributed by atoms with Crippen molar-refractivity contribution in [3.8, 4) is 0 Å². The van der Waals surface area contributed by atoms with E-state index in [1.165, 1.54) is 44.6 Å². The molecule has 1 saturated heterocycles. The molecule has 2 unspecified atom stereocenters. The standard InChI is InChI=1S/C24H29Cl2N3O3/c1-13(24-9-14-5-15(10-24)7-16(6-14)11-24)27-20(30)12-29-21(31)23(2,28-22(29)32)18-4-3-17(25)8-19(18)26/h3-4,8,13-16H,5-7,9-12H2,1-2H3,(H,27,30)(H,28,32). The molecule has 1 aromatic rings. The van der Waals surface area contributed by atoms with Gasteiger partial charge in [-0.3, -0.25) is 14.5 Å². The molecule has 4 saturated carbocycles. The van der Waals surface area contributed by atoms with Crippen LogP contribution in [0.15, 0.2) is 18.2 Å². The Bertz CT molecular complexity index is 961. The highest BCUT2D eigenvalue weighted by atomic mass is 35.5. The Morgan fingerprint density at radius 2 is 1.75 bits per heavy atom. The molecule has 8 heteroatoms. The molecule has 32 heavy (non-hydrogen) atoms. The molecular formula is C24H29Cl2N3O3. The summed E-state index contributed by atoms with van der Waals surface area (Å²) in [5.41, 5.74) is -0.732. The maximum absolute atomic E-state index is 13.2. The van der Waals surface area contributed by atoms with Gasteiger partial charge in [0.2, 0.25) is 5.91 Å². The molecule has 0 spiro atoms. The van der Waals surface area contributed by atoms with Gasteiger partial charge in [0, 0.05) is 21.7 Å². The zero-order valence-electron chi connectivity index (χ0n) is 18.4. The first-order chi connectivity index (χ1) is 15.1. The van der Waals surface area contributed by atoms with Crippen LogP contribution in [-0.4, -0.2) is 35.3 Å². The Kier molecular flexibility index (Phi) is 5.25. The van der Waals surface area contributed by atoms with Gasteiger partial charge < -0.3 is 10.6 Å². The quantitative estimate of drug-likeness (QED) is 0.613. The lowest BCUT2D eigenvalue weighted by atomic mass is 9.48. The van der Waals surface area contributed by atoms with Crippen molar-refractivity contribution in [1.82, 2.24) is 15.5 Å². The third-order valence-electron chi connectivity index (χ3n) is 8.43. The van der Waals surface area contributed by atoms with Crippen molar-refractivity contribution in [2.24, 2.45) is 23.2 Å². The highest BCUT2D eigenvalue weighted by Crippen LogP contribution is 2.61. The van der Waals surface area contributed by atoms with Crippen molar-refractivity contribution in [3.05, 3.63) is 33.8 Å². The number of halogens is 2. The SMILES string of the molecule is CC(NC(=O)CN1C(=O)NC(C)(c2ccc(Cl)cc2Cl)C1=O)C12CC3CC(CC(C3)C1)C2. The van der Waals surface area contributed by atoms with Crippen LogP contribution < -0.4 is 10.6 Å². The molecule has 5 aliphatic rings. The number of rotatable bonds is 5. The monoisotopic (exact) mass is 477 g/mol. The molecule has 0 radical (unpaired) electrons. The van der Waals surface area contributed by atoms with E-state index in [0.29, 0.717) is 10.6 Å². The van der Waals surface area contributed by atoms with Crippen LogP contribution in [0.4, 0.5) is 4.79 Å².